The van der Waals surface area contributed by atoms with Crippen molar-refractivity contribution in [3.8, 4) is 17.2 Å². The topological polar surface area (TPSA) is 35.5 Å². The van der Waals surface area contributed by atoms with Gasteiger partial charge in [-0.3, -0.25) is 4.79 Å². The predicted octanol–water partition coefficient (Wildman–Crippen LogP) is 2.40. The predicted molar refractivity (Wildman–Crippen MR) is 104 cm³/mol. The van der Waals surface area contributed by atoms with Crippen LogP contribution in [0.4, 0.5) is 0 Å². The molecular formula is C20H17ClLiO3P. The maximum absolute atomic E-state index is 12.6. The Labute approximate surface area is 173 Å². The fourth-order valence-corrected chi connectivity index (χ4v) is 3.63. The van der Waals surface area contributed by atoms with Crippen molar-refractivity contribution in [3.05, 3.63) is 83.4 Å². The molecule has 3 nitrogen and oxygen atoms in total. The molecule has 0 N–H and O–H groups in total. The third-order valence-corrected chi connectivity index (χ3v) is 4.93. The molecule has 0 amide bonds. The number of methoxy groups -OCH3 is 1. The van der Waals surface area contributed by atoms with E-state index < -0.39 is 0 Å². The number of hydrogen-bond acceptors (Lipinski definition) is 3. The van der Waals surface area contributed by atoms with E-state index in [9.17, 15) is 4.79 Å². The van der Waals surface area contributed by atoms with Crippen molar-refractivity contribution in [3.63, 3.8) is 0 Å². The zero-order valence-corrected chi connectivity index (χ0v) is 16.3. The van der Waals surface area contributed by atoms with Crippen LogP contribution in [-0.2, 0) is 0 Å². The summed E-state index contributed by atoms with van der Waals surface area (Å²) in [5.41, 5.74) is 0.369. The van der Waals surface area contributed by atoms with Crippen LogP contribution in [0.2, 0.25) is 5.02 Å². The van der Waals surface area contributed by atoms with Crippen LogP contribution in [0.5, 0.6) is 17.2 Å². The van der Waals surface area contributed by atoms with E-state index in [2.05, 4.69) is 0 Å². The van der Waals surface area contributed by atoms with Crippen molar-refractivity contribution >= 4 is 31.0 Å². The van der Waals surface area contributed by atoms with Crippen LogP contribution in [0.3, 0.4) is 0 Å². The molecule has 26 heavy (non-hydrogen) atoms. The minimum Gasteiger partial charge on any atom is -1.00 e. The number of ether oxygens (including phenoxy) is 2. The van der Waals surface area contributed by atoms with Gasteiger partial charge in [0.05, 0.1) is 17.7 Å². The number of halogens is 1. The minimum atomic E-state index is -0.0563. The fraction of sp³-hybridized carbons (Fsp3) is 0.0500. The van der Waals surface area contributed by atoms with Gasteiger partial charge in [-0.25, -0.2) is 0 Å². The molecule has 0 saturated heterocycles. The van der Waals surface area contributed by atoms with Gasteiger partial charge in [-0.1, -0.05) is 48.0 Å². The van der Waals surface area contributed by atoms with Crippen molar-refractivity contribution < 1.29 is 34.6 Å². The molecule has 0 radical (unpaired) electrons. The van der Waals surface area contributed by atoms with Crippen LogP contribution < -0.4 is 33.6 Å². The van der Waals surface area contributed by atoms with Crippen molar-refractivity contribution in [1.82, 2.24) is 0 Å². The zero-order chi connectivity index (χ0) is 17.6. The molecule has 128 valence electrons. The smallest absolute Gasteiger partial charge is 1.00 e. The van der Waals surface area contributed by atoms with Gasteiger partial charge in [-0.15, -0.1) is 0 Å². The molecule has 0 heterocycles. The first-order valence-corrected chi connectivity index (χ1v) is 9.02. The van der Waals surface area contributed by atoms with E-state index >= 15 is 0 Å². The van der Waals surface area contributed by atoms with Gasteiger partial charge in [0.1, 0.15) is 17.2 Å². The summed E-state index contributed by atoms with van der Waals surface area (Å²) in [7, 11) is 1.49. The van der Waals surface area contributed by atoms with Gasteiger partial charge in [-0.2, -0.15) is 0 Å². The Morgan fingerprint density at radius 3 is 2.23 bits per heavy atom. The van der Waals surface area contributed by atoms with E-state index in [0.29, 0.717) is 16.3 Å². The second-order valence-corrected chi connectivity index (χ2v) is 6.90. The Morgan fingerprint density at radius 2 is 1.58 bits per heavy atom. The van der Waals surface area contributed by atoms with Gasteiger partial charge in [0.2, 0.25) is 0 Å². The molecule has 0 aliphatic carbocycles. The van der Waals surface area contributed by atoms with E-state index in [-0.39, 0.29) is 34.4 Å². The molecule has 0 spiro atoms. The van der Waals surface area contributed by atoms with E-state index in [1.165, 1.54) is 7.11 Å². The molecular weight excluding hydrogens is 362 g/mol. The molecule has 0 fully saturated rings. The molecule has 1 unspecified atom stereocenters. The summed E-state index contributed by atoms with van der Waals surface area (Å²) in [6, 6.07) is 22.2. The molecule has 6 heteroatoms. The average molecular weight is 379 g/mol. The zero-order valence-electron chi connectivity index (χ0n) is 15.5. The SMILES string of the molecule is COc1cccc(Cl)c1C(=O)Pc1ccc(Oc2ccccc2)cc1.[H-].[Li+]. The normalized spacial score (nSPS) is 10.4. The number of para-hydroxylation sites is 1. The maximum atomic E-state index is 12.6. The van der Waals surface area contributed by atoms with Gasteiger partial charge in [0.25, 0.3) is 0 Å². The van der Waals surface area contributed by atoms with Crippen molar-refractivity contribution in [2.45, 2.75) is 0 Å². The summed E-state index contributed by atoms with van der Waals surface area (Å²) < 4.78 is 11.0. The Morgan fingerprint density at radius 1 is 0.923 bits per heavy atom. The van der Waals surface area contributed by atoms with Crippen LogP contribution in [0, 0.1) is 0 Å². The Kier molecular flexibility index (Phi) is 7.76. The first-order valence-electron chi connectivity index (χ1n) is 7.64. The first kappa shape index (κ1) is 20.6. The van der Waals surface area contributed by atoms with Gasteiger partial charge in [-0.05, 0) is 50.3 Å². The Hall–Kier alpha value is -1.75. The van der Waals surface area contributed by atoms with Crippen molar-refractivity contribution in [2.75, 3.05) is 7.11 Å². The van der Waals surface area contributed by atoms with E-state index in [0.717, 1.165) is 16.8 Å². The van der Waals surface area contributed by atoms with Crippen molar-refractivity contribution in [2.24, 2.45) is 0 Å². The number of rotatable bonds is 6. The van der Waals surface area contributed by atoms with E-state index in [1.54, 1.807) is 18.2 Å². The molecule has 0 bridgehead atoms. The number of carbonyl (C=O) groups excluding carboxylic acids is 1. The van der Waals surface area contributed by atoms with Crippen LogP contribution in [-0.4, -0.2) is 12.6 Å². The molecule has 0 aliphatic rings. The van der Waals surface area contributed by atoms with Gasteiger partial charge < -0.3 is 10.9 Å². The molecule has 3 rings (SSSR count). The quantitative estimate of drug-likeness (QED) is 0.488. The van der Waals surface area contributed by atoms with Crippen LogP contribution in [0.15, 0.2) is 72.8 Å². The second kappa shape index (κ2) is 9.81. The van der Waals surface area contributed by atoms with E-state index in [1.807, 2.05) is 54.6 Å². The fourth-order valence-electron chi connectivity index (χ4n) is 2.32. The summed E-state index contributed by atoms with van der Waals surface area (Å²) in [4.78, 5) is 12.6. The number of benzene rings is 3. The standard InChI is InChI=1S/C20H16ClO3P.Li.H/c1-23-18-9-5-8-17(21)19(18)20(22)25-16-12-10-15(11-13-16)24-14-6-3-2-4-7-14;;/h2-13,25H,1H3;;/q;+1;-1. The maximum Gasteiger partial charge on any atom is 1.00 e. The third kappa shape index (κ3) is 5.13. The average Bonchev–Trinajstić information content (AvgIpc) is 2.64. The summed E-state index contributed by atoms with van der Waals surface area (Å²) in [6.07, 6.45) is 0. The Bertz CT molecular complexity index is 876. The molecule has 0 saturated carbocycles. The summed E-state index contributed by atoms with van der Waals surface area (Å²) >= 11 is 6.17. The molecule has 1 atom stereocenters. The summed E-state index contributed by atoms with van der Waals surface area (Å²) in [6.45, 7) is 0. The van der Waals surface area contributed by atoms with Gasteiger partial charge in [0, 0.05) is 0 Å². The molecule has 0 aromatic heterocycles. The minimum absolute atomic E-state index is 0. The van der Waals surface area contributed by atoms with Gasteiger partial charge in [0.15, 0.2) is 5.52 Å². The van der Waals surface area contributed by atoms with Crippen LogP contribution >= 0.6 is 20.2 Å². The molecule has 0 aliphatic heterocycles. The molecule has 3 aromatic rings. The number of hydrogen-bond donors (Lipinski definition) is 0. The Balaban J connectivity index is 0.00000182. The molecule has 3 aromatic carbocycles. The van der Waals surface area contributed by atoms with Crippen molar-refractivity contribution in [1.29, 1.82) is 0 Å². The number of carbonyl (C=O) groups is 1. The van der Waals surface area contributed by atoms with Crippen LogP contribution in [0.25, 0.3) is 0 Å². The summed E-state index contributed by atoms with van der Waals surface area (Å²) in [5, 5.41) is 1.31. The monoisotopic (exact) mass is 378 g/mol. The largest absolute Gasteiger partial charge is 1.00 e. The van der Waals surface area contributed by atoms with Crippen LogP contribution in [0.1, 0.15) is 11.8 Å². The van der Waals surface area contributed by atoms with Gasteiger partial charge >= 0.3 is 18.9 Å². The second-order valence-electron chi connectivity index (χ2n) is 5.21. The third-order valence-electron chi connectivity index (χ3n) is 3.51. The first-order chi connectivity index (χ1) is 12.2. The van der Waals surface area contributed by atoms with E-state index in [4.69, 9.17) is 21.1 Å². The summed E-state index contributed by atoms with van der Waals surface area (Å²) in [5.74, 6) is 1.99.